The van der Waals surface area contributed by atoms with E-state index in [2.05, 4.69) is 196 Å². The molecule has 0 aliphatic heterocycles. The maximum atomic E-state index is 6.46. The van der Waals surface area contributed by atoms with Gasteiger partial charge in [0.25, 0.3) is 0 Å². The third kappa shape index (κ3) is 4.95. The van der Waals surface area contributed by atoms with Crippen molar-refractivity contribution in [2.75, 3.05) is 4.90 Å². The van der Waals surface area contributed by atoms with Crippen LogP contribution < -0.4 is 4.90 Å². The van der Waals surface area contributed by atoms with Crippen LogP contribution in [0.5, 0.6) is 0 Å². The molecule has 2 heteroatoms. The predicted octanol–water partition coefficient (Wildman–Crippen LogP) is 15.0. The molecule has 0 saturated carbocycles. The molecule has 0 spiro atoms. The highest BCUT2D eigenvalue weighted by Crippen LogP contribution is 2.50. The van der Waals surface area contributed by atoms with Gasteiger partial charge in [0.1, 0.15) is 11.2 Å². The van der Waals surface area contributed by atoms with Gasteiger partial charge < -0.3 is 9.32 Å². The second-order valence-electron chi connectivity index (χ2n) is 16.1. The third-order valence-corrected chi connectivity index (χ3v) is 12.5. The van der Waals surface area contributed by atoms with Crippen LogP contribution in [0, 0.1) is 5.92 Å². The number of rotatable bonds is 5. The molecule has 2 aliphatic rings. The highest BCUT2D eigenvalue weighted by Gasteiger charge is 2.35. The number of benzene rings is 8. The smallest absolute Gasteiger partial charge is 0.143 e. The summed E-state index contributed by atoms with van der Waals surface area (Å²) in [6.45, 7) is 7.12. The zero-order chi connectivity index (χ0) is 37.5. The Morgan fingerprint density at radius 2 is 1.20 bits per heavy atom. The second-order valence-corrected chi connectivity index (χ2v) is 16.1. The lowest BCUT2D eigenvalue weighted by Gasteiger charge is -2.35. The molecule has 1 aromatic heterocycles. The van der Waals surface area contributed by atoms with Gasteiger partial charge in [0.05, 0.1) is 5.69 Å². The normalized spacial score (nSPS) is 15.9. The van der Waals surface area contributed by atoms with E-state index in [-0.39, 0.29) is 11.3 Å². The average molecular weight is 720 g/mol. The summed E-state index contributed by atoms with van der Waals surface area (Å²) in [7, 11) is 0. The highest BCUT2D eigenvalue weighted by molar-refractivity contribution is 6.14. The fraction of sp³-hybridized carbons (Fsp3) is 0.111. The Morgan fingerprint density at radius 1 is 0.536 bits per heavy atom. The molecule has 0 amide bonds. The van der Waals surface area contributed by atoms with E-state index < -0.39 is 0 Å². The quantitative estimate of drug-likeness (QED) is 0.165. The maximum absolute atomic E-state index is 6.46. The van der Waals surface area contributed by atoms with Crippen molar-refractivity contribution in [3.63, 3.8) is 0 Å². The van der Waals surface area contributed by atoms with E-state index in [0.717, 1.165) is 45.2 Å². The molecule has 0 bridgehead atoms. The largest absolute Gasteiger partial charge is 0.455 e. The lowest BCUT2D eigenvalue weighted by Crippen LogP contribution is -2.23. The Bertz CT molecular complexity index is 3100. The summed E-state index contributed by atoms with van der Waals surface area (Å²) in [4.78, 5) is 2.51. The van der Waals surface area contributed by atoms with E-state index in [1.54, 1.807) is 0 Å². The number of hydrogen-bond acceptors (Lipinski definition) is 2. The Hall–Kier alpha value is -6.64. The highest BCUT2D eigenvalue weighted by atomic mass is 16.3. The SMILES string of the molecule is CC1CC(c2ccc3c(c2)C(C)(C)c2ccccc2-3)=CC=C1N(c1ccc(-c2cccc3c2oc2ccccc23)cc1)c1cc2ccccc2c2ccccc12. The third-order valence-electron chi connectivity index (χ3n) is 12.5. The Labute approximate surface area is 327 Å². The van der Waals surface area contributed by atoms with Gasteiger partial charge >= 0.3 is 0 Å². The van der Waals surface area contributed by atoms with E-state index >= 15 is 0 Å². The van der Waals surface area contributed by atoms with Gasteiger partial charge in [0.2, 0.25) is 0 Å². The molecule has 0 radical (unpaired) electrons. The molecule has 0 N–H and O–H groups in total. The Morgan fingerprint density at radius 3 is 2.04 bits per heavy atom. The first kappa shape index (κ1) is 32.8. The van der Waals surface area contributed by atoms with E-state index in [4.69, 9.17) is 4.42 Å². The summed E-state index contributed by atoms with van der Waals surface area (Å²) < 4.78 is 6.46. The van der Waals surface area contributed by atoms with E-state index in [0.29, 0.717) is 0 Å². The Kier molecular flexibility index (Phi) is 7.28. The fourth-order valence-electron chi connectivity index (χ4n) is 9.68. The molecule has 1 unspecified atom stereocenters. The van der Waals surface area contributed by atoms with Crippen LogP contribution in [0.4, 0.5) is 11.4 Å². The standard InChI is InChI=1S/C54H41NO/c1-34-31-36(37-25-29-44-43-16-8-10-21-48(43)54(2,3)49(44)32-37)26-30-50(34)55(51-33-38-13-4-5-14-40(38)42-15-6-7-17-45(42)51)39-27-23-35(24-28-39)41-19-12-20-47-46-18-9-11-22-52(46)56-53(41)47/h4-30,32-34H,31H2,1-3H3. The number of anilines is 2. The van der Waals surface area contributed by atoms with Crippen molar-refractivity contribution < 1.29 is 4.42 Å². The van der Waals surface area contributed by atoms with Crippen molar-refractivity contribution in [1.29, 1.82) is 0 Å². The van der Waals surface area contributed by atoms with E-state index in [1.165, 1.54) is 66.3 Å². The topological polar surface area (TPSA) is 16.4 Å². The molecule has 9 aromatic rings. The zero-order valence-corrected chi connectivity index (χ0v) is 31.9. The fourth-order valence-corrected chi connectivity index (χ4v) is 9.68. The first-order chi connectivity index (χ1) is 27.4. The van der Waals surface area contributed by atoms with Crippen molar-refractivity contribution >= 4 is 60.4 Å². The van der Waals surface area contributed by atoms with Gasteiger partial charge in [0.15, 0.2) is 0 Å². The van der Waals surface area contributed by atoms with Crippen LogP contribution in [-0.4, -0.2) is 0 Å². The molecule has 56 heavy (non-hydrogen) atoms. The van der Waals surface area contributed by atoms with Gasteiger partial charge in [-0.2, -0.15) is 0 Å². The number of nitrogens with zero attached hydrogens (tertiary/aromatic N) is 1. The summed E-state index contributed by atoms with van der Waals surface area (Å²) in [5.74, 6) is 0.266. The molecule has 2 nitrogen and oxygen atoms in total. The van der Waals surface area contributed by atoms with Crippen molar-refractivity contribution in [1.82, 2.24) is 0 Å². The van der Waals surface area contributed by atoms with Crippen LogP contribution in [0.3, 0.4) is 0 Å². The summed E-state index contributed by atoms with van der Waals surface area (Å²) in [5.41, 5.74) is 15.9. The molecular formula is C54H41NO. The van der Waals surface area contributed by atoms with Crippen molar-refractivity contribution in [2.24, 2.45) is 5.92 Å². The van der Waals surface area contributed by atoms with E-state index in [9.17, 15) is 0 Å². The van der Waals surface area contributed by atoms with Crippen LogP contribution >= 0.6 is 0 Å². The zero-order valence-electron chi connectivity index (χ0n) is 31.9. The van der Waals surface area contributed by atoms with E-state index in [1.807, 2.05) is 6.07 Å². The number of para-hydroxylation sites is 2. The molecule has 8 aromatic carbocycles. The number of fused-ring (bicyclic) bond motifs is 9. The van der Waals surface area contributed by atoms with Gasteiger partial charge in [0, 0.05) is 44.4 Å². The molecule has 0 saturated heterocycles. The van der Waals surface area contributed by atoms with Crippen LogP contribution in [0.25, 0.3) is 71.3 Å². The molecule has 1 heterocycles. The number of furan rings is 1. The predicted molar refractivity (Wildman–Crippen MR) is 237 cm³/mol. The average Bonchev–Trinajstić information content (AvgIpc) is 3.73. The van der Waals surface area contributed by atoms with Crippen LogP contribution in [0.15, 0.2) is 186 Å². The van der Waals surface area contributed by atoms with Gasteiger partial charge in [-0.3, -0.25) is 0 Å². The number of allylic oxidation sites excluding steroid dienone is 4. The van der Waals surface area contributed by atoms with Gasteiger partial charge in [-0.05, 0) is 97.9 Å². The van der Waals surface area contributed by atoms with Gasteiger partial charge in [-0.15, -0.1) is 0 Å². The molecule has 1 atom stereocenters. The first-order valence-corrected chi connectivity index (χ1v) is 19.8. The lowest BCUT2D eigenvalue weighted by atomic mass is 9.80. The molecule has 268 valence electrons. The van der Waals surface area contributed by atoms with Crippen molar-refractivity contribution in [2.45, 2.75) is 32.6 Å². The monoisotopic (exact) mass is 719 g/mol. The summed E-state index contributed by atoms with van der Waals surface area (Å²) in [6, 6.07) is 59.9. The maximum Gasteiger partial charge on any atom is 0.143 e. The number of hydrogen-bond donors (Lipinski definition) is 0. The lowest BCUT2D eigenvalue weighted by molar-refractivity contribution is 0.659. The van der Waals surface area contributed by atoms with Gasteiger partial charge in [-0.25, -0.2) is 0 Å². The minimum Gasteiger partial charge on any atom is -0.455 e. The minimum atomic E-state index is -0.0280. The summed E-state index contributed by atoms with van der Waals surface area (Å²) >= 11 is 0. The molecule has 0 fully saturated rings. The first-order valence-electron chi connectivity index (χ1n) is 19.8. The summed E-state index contributed by atoms with van der Waals surface area (Å²) in [6.07, 6.45) is 5.70. The molecule has 2 aliphatic carbocycles. The van der Waals surface area contributed by atoms with Gasteiger partial charge in [-0.1, -0.05) is 160 Å². The Balaban J connectivity index is 1.05. The molecular weight excluding hydrogens is 679 g/mol. The van der Waals surface area contributed by atoms with Crippen molar-refractivity contribution in [3.8, 4) is 22.3 Å². The summed E-state index contributed by atoms with van der Waals surface area (Å²) in [5, 5.41) is 7.31. The van der Waals surface area contributed by atoms with Crippen molar-refractivity contribution in [3.05, 3.63) is 198 Å². The van der Waals surface area contributed by atoms with Crippen LogP contribution in [0.2, 0.25) is 0 Å². The van der Waals surface area contributed by atoms with Crippen LogP contribution in [-0.2, 0) is 5.41 Å². The minimum absolute atomic E-state index is 0.0280. The molecule has 11 rings (SSSR count). The second kappa shape index (κ2) is 12.4. The van der Waals surface area contributed by atoms with Crippen LogP contribution in [0.1, 0.15) is 43.9 Å².